The molecule has 2 aromatic carbocycles. The molecule has 0 spiro atoms. The van der Waals surface area contributed by atoms with Gasteiger partial charge < -0.3 is 9.26 Å². The molecule has 3 rings (SSSR count). The first-order chi connectivity index (χ1) is 11.1. The number of nitro groups is 1. The van der Waals surface area contributed by atoms with E-state index in [1.807, 2.05) is 24.3 Å². The van der Waals surface area contributed by atoms with E-state index in [-0.39, 0.29) is 5.69 Å². The van der Waals surface area contributed by atoms with Crippen LogP contribution >= 0.6 is 0 Å². The summed E-state index contributed by atoms with van der Waals surface area (Å²) in [5, 5.41) is 14.4. The first-order valence-electron chi connectivity index (χ1n) is 6.89. The number of benzene rings is 2. The highest BCUT2D eigenvalue weighted by atomic mass is 16.6. The average Bonchev–Trinajstić information content (AvgIpc) is 3.00. The lowest BCUT2D eigenvalue weighted by atomic mass is 10.2. The van der Waals surface area contributed by atoms with E-state index in [1.54, 1.807) is 19.1 Å². The zero-order chi connectivity index (χ0) is 16.2. The quantitative estimate of drug-likeness (QED) is 0.528. The second-order valence-corrected chi connectivity index (χ2v) is 4.87. The number of rotatable bonds is 5. The summed E-state index contributed by atoms with van der Waals surface area (Å²) in [5.41, 5.74) is 1.76. The highest BCUT2D eigenvalue weighted by Crippen LogP contribution is 2.21. The number of nitro benzene ring substituents is 1. The van der Waals surface area contributed by atoms with Crippen molar-refractivity contribution in [2.24, 2.45) is 0 Å². The molecule has 3 aromatic rings. The normalized spacial score (nSPS) is 10.5. The molecule has 0 bridgehead atoms. The summed E-state index contributed by atoms with van der Waals surface area (Å²) < 4.78 is 10.6. The Hall–Kier alpha value is -3.22. The molecule has 0 atom stereocenters. The molecule has 0 aliphatic rings. The molecule has 0 amide bonds. The van der Waals surface area contributed by atoms with Gasteiger partial charge in [0.15, 0.2) is 0 Å². The van der Waals surface area contributed by atoms with Crippen LogP contribution in [0.5, 0.6) is 5.75 Å². The second-order valence-electron chi connectivity index (χ2n) is 4.87. The van der Waals surface area contributed by atoms with Gasteiger partial charge in [0.1, 0.15) is 12.4 Å². The van der Waals surface area contributed by atoms with Gasteiger partial charge in [-0.1, -0.05) is 5.16 Å². The van der Waals surface area contributed by atoms with Gasteiger partial charge in [-0.05, 0) is 42.0 Å². The number of ether oxygens (including phenoxy) is 1. The van der Waals surface area contributed by atoms with Gasteiger partial charge in [0.05, 0.1) is 4.92 Å². The van der Waals surface area contributed by atoms with Crippen LogP contribution < -0.4 is 4.74 Å². The molecule has 7 nitrogen and oxygen atoms in total. The molecule has 7 heteroatoms. The van der Waals surface area contributed by atoms with Gasteiger partial charge >= 0.3 is 0 Å². The molecule has 1 heterocycles. The summed E-state index contributed by atoms with van der Waals surface area (Å²) in [7, 11) is 0. The minimum Gasteiger partial charge on any atom is -0.489 e. The zero-order valence-corrected chi connectivity index (χ0v) is 12.3. The molecule has 0 unspecified atom stereocenters. The Labute approximate surface area is 131 Å². The lowest BCUT2D eigenvalue weighted by molar-refractivity contribution is -0.384. The minimum atomic E-state index is -0.428. The minimum absolute atomic E-state index is 0.0634. The average molecular weight is 311 g/mol. The van der Waals surface area contributed by atoms with Crippen molar-refractivity contribution in [2.45, 2.75) is 13.5 Å². The van der Waals surface area contributed by atoms with Gasteiger partial charge in [-0.3, -0.25) is 10.1 Å². The van der Waals surface area contributed by atoms with Gasteiger partial charge in [-0.2, -0.15) is 4.98 Å². The van der Waals surface area contributed by atoms with E-state index in [9.17, 15) is 10.1 Å². The van der Waals surface area contributed by atoms with Gasteiger partial charge in [0.2, 0.25) is 11.7 Å². The Balaban J connectivity index is 1.63. The second kappa shape index (κ2) is 6.27. The largest absolute Gasteiger partial charge is 0.489 e. The molecule has 0 aliphatic heterocycles. The molecule has 0 saturated carbocycles. The van der Waals surface area contributed by atoms with Gasteiger partial charge in [0, 0.05) is 24.6 Å². The third-order valence-corrected chi connectivity index (χ3v) is 3.19. The van der Waals surface area contributed by atoms with Crippen molar-refractivity contribution in [3.8, 4) is 17.1 Å². The number of aromatic nitrogens is 2. The maximum Gasteiger partial charge on any atom is 0.269 e. The highest BCUT2D eigenvalue weighted by molar-refractivity contribution is 5.55. The Morgan fingerprint density at radius 1 is 1.13 bits per heavy atom. The van der Waals surface area contributed by atoms with Crippen LogP contribution in [-0.2, 0) is 6.61 Å². The molecule has 23 heavy (non-hydrogen) atoms. The van der Waals surface area contributed by atoms with E-state index in [0.29, 0.717) is 24.1 Å². The number of hydrogen-bond acceptors (Lipinski definition) is 6. The number of aryl methyl sites for hydroxylation is 1. The topological polar surface area (TPSA) is 91.3 Å². The van der Waals surface area contributed by atoms with E-state index < -0.39 is 4.92 Å². The van der Waals surface area contributed by atoms with E-state index in [2.05, 4.69) is 10.1 Å². The Bertz CT molecular complexity index is 810. The number of nitrogens with zero attached hydrogens (tertiary/aromatic N) is 3. The SMILES string of the molecule is Cc1nc(-c2ccc(OCc3ccc([N+](=O)[O-])cc3)cc2)no1. The first-order valence-corrected chi connectivity index (χ1v) is 6.89. The van der Waals surface area contributed by atoms with Crippen LogP contribution in [0.1, 0.15) is 11.5 Å². The monoisotopic (exact) mass is 311 g/mol. The van der Waals surface area contributed by atoms with Gasteiger partial charge in [-0.25, -0.2) is 0 Å². The van der Waals surface area contributed by atoms with Crippen molar-refractivity contribution < 1.29 is 14.2 Å². The lowest BCUT2D eigenvalue weighted by Gasteiger charge is -2.06. The lowest BCUT2D eigenvalue weighted by Crippen LogP contribution is -1.96. The van der Waals surface area contributed by atoms with Crippen LogP contribution in [-0.4, -0.2) is 15.1 Å². The smallest absolute Gasteiger partial charge is 0.269 e. The molecule has 0 aliphatic carbocycles. The van der Waals surface area contributed by atoms with Crippen LogP contribution in [0, 0.1) is 17.0 Å². The van der Waals surface area contributed by atoms with Crippen molar-refractivity contribution in [3.05, 3.63) is 70.1 Å². The molecule has 0 N–H and O–H groups in total. The Kier molecular flexibility index (Phi) is 4.01. The third kappa shape index (κ3) is 3.52. The fourth-order valence-corrected chi connectivity index (χ4v) is 2.00. The summed E-state index contributed by atoms with van der Waals surface area (Å²) in [4.78, 5) is 14.3. The van der Waals surface area contributed by atoms with Gasteiger partial charge in [0.25, 0.3) is 5.69 Å². The van der Waals surface area contributed by atoms with E-state index in [1.165, 1.54) is 12.1 Å². The summed E-state index contributed by atoms with van der Waals surface area (Å²) in [6, 6.07) is 13.6. The van der Waals surface area contributed by atoms with Crippen LogP contribution in [0.3, 0.4) is 0 Å². The summed E-state index contributed by atoms with van der Waals surface area (Å²) in [6.45, 7) is 2.07. The molecule has 116 valence electrons. The maximum absolute atomic E-state index is 10.6. The van der Waals surface area contributed by atoms with Crippen LogP contribution in [0.15, 0.2) is 53.1 Å². The van der Waals surface area contributed by atoms with Crippen molar-refractivity contribution >= 4 is 5.69 Å². The third-order valence-electron chi connectivity index (χ3n) is 3.19. The van der Waals surface area contributed by atoms with Gasteiger partial charge in [-0.15, -0.1) is 0 Å². The standard InChI is InChI=1S/C16H13N3O4/c1-11-17-16(18-23-11)13-4-8-15(9-5-13)22-10-12-2-6-14(7-3-12)19(20)21/h2-9H,10H2,1H3. The highest BCUT2D eigenvalue weighted by Gasteiger charge is 2.06. The maximum atomic E-state index is 10.6. The molecule has 0 fully saturated rings. The number of hydrogen-bond donors (Lipinski definition) is 0. The van der Waals surface area contributed by atoms with Crippen LogP contribution in [0.2, 0.25) is 0 Å². The van der Waals surface area contributed by atoms with Crippen molar-refractivity contribution in [2.75, 3.05) is 0 Å². The van der Waals surface area contributed by atoms with E-state index in [4.69, 9.17) is 9.26 Å². The van der Waals surface area contributed by atoms with E-state index in [0.717, 1.165) is 11.1 Å². The van der Waals surface area contributed by atoms with Crippen LogP contribution in [0.4, 0.5) is 5.69 Å². The molecular formula is C16H13N3O4. The van der Waals surface area contributed by atoms with E-state index >= 15 is 0 Å². The van der Waals surface area contributed by atoms with Crippen molar-refractivity contribution in [1.82, 2.24) is 10.1 Å². The van der Waals surface area contributed by atoms with Crippen LogP contribution in [0.25, 0.3) is 11.4 Å². The summed E-state index contributed by atoms with van der Waals surface area (Å²) >= 11 is 0. The predicted octanol–water partition coefficient (Wildman–Crippen LogP) is 3.53. The molecule has 1 aromatic heterocycles. The summed E-state index contributed by atoms with van der Waals surface area (Å²) in [5.74, 6) is 1.73. The summed E-state index contributed by atoms with van der Waals surface area (Å²) in [6.07, 6.45) is 0. The molecule has 0 saturated heterocycles. The number of non-ortho nitro benzene ring substituents is 1. The molecule has 0 radical (unpaired) electrons. The predicted molar refractivity (Wildman–Crippen MR) is 81.9 cm³/mol. The van der Waals surface area contributed by atoms with Crippen molar-refractivity contribution in [3.63, 3.8) is 0 Å². The van der Waals surface area contributed by atoms with Crippen molar-refractivity contribution in [1.29, 1.82) is 0 Å². The Morgan fingerprint density at radius 2 is 1.83 bits per heavy atom. The fraction of sp³-hybridized carbons (Fsp3) is 0.125. The zero-order valence-electron chi connectivity index (χ0n) is 12.3. The Morgan fingerprint density at radius 3 is 2.39 bits per heavy atom. The molecular weight excluding hydrogens is 298 g/mol. The fourth-order valence-electron chi connectivity index (χ4n) is 2.00. The first kappa shape index (κ1) is 14.7.